The zero-order valence-corrected chi connectivity index (χ0v) is 17.0. The SMILES string of the molecule is O=C1[C@H]2[C@@H](ON(c3ccccc3)[C@H]2c2ccncc2)C(=O)N1c1ccc(Cl)c(Cl)c1. The summed E-state index contributed by atoms with van der Waals surface area (Å²) in [6.07, 6.45) is 2.37. The Morgan fingerprint density at radius 3 is 2.27 bits per heavy atom. The highest BCUT2D eigenvalue weighted by Gasteiger charge is 2.60. The molecule has 1 aromatic heterocycles. The van der Waals surface area contributed by atoms with E-state index in [4.69, 9.17) is 28.0 Å². The highest BCUT2D eigenvalue weighted by Crippen LogP contribution is 2.47. The summed E-state index contributed by atoms with van der Waals surface area (Å²) in [4.78, 5) is 37.9. The molecule has 0 saturated carbocycles. The van der Waals surface area contributed by atoms with Gasteiger partial charge in [0.25, 0.3) is 5.91 Å². The molecule has 6 nitrogen and oxygen atoms in total. The topological polar surface area (TPSA) is 62.7 Å². The number of imide groups is 1. The van der Waals surface area contributed by atoms with Crippen LogP contribution in [0.5, 0.6) is 0 Å². The number of hydrogen-bond donors (Lipinski definition) is 0. The first-order valence-corrected chi connectivity index (χ1v) is 10.1. The molecule has 0 radical (unpaired) electrons. The molecule has 5 rings (SSSR count). The zero-order valence-electron chi connectivity index (χ0n) is 15.5. The Kier molecular flexibility index (Phi) is 4.70. The Balaban J connectivity index is 1.58. The Labute approximate surface area is 182 Å². The number of halogens is 2. The number of amides is 2. The van der Waals surface area contributed by atoms with Gasteiger partial charge in [-0.15, -0.1) is 0 Å². The van der Waals surface area contributed by atoms with Crippen LogP contribution in [-0.4, -0.2) is 22.9 Å². The fourth-order valence-corrected chi connectivity index (χ4v) is 4.28. The summed E-state index contributed by atoms with van der Waals surface area (Å²) in [6, 6.07) is 17.2. The van der Waals surface area contributed by atoms with E-state index in [1.54, 1.807) is 29.6 Å². The van der Waals surface area contributed by atoms with Gasteiger partial charge in [0, 0.05) is 12.4 Å². The largest absolute Gasteiger partial charge is 0.273 e. The smallest absolute Gasteiger partial charge is 0.266 e. The second-order valence-electron chi connectivity index (χ2n) is 7.05. The Hall–Kier alpha value is -2.93. The minimum absolute atomic E-state index is 0.268. The van der Waals surface area contributed by atoms with Crippen molar-refractivity contribution in [3.8, 4) is 0 Å². The highest BCUT2D eigenvalue weighted by molar-refractivity contribution is 6.42. The normalized spacial score (nSPS) is 23.2. The number of carbonyl (C=O) groups excluding carboxylic acids is 2. The first-order chi connectivity index (χ1) is 14.6. The molecule has 2 aliphatic rings. The third kappa shape index (κ3) is 2.96. The number of nitrogens with zero attached hydrogens (tertiary/aromatic N) is 3. The van der Waals surface area contributed by atoms with E-state index in [0.717, 1.165) is 16.2 Å². The first-order valence-electron chi connectivity index (χ1n) is 9.30. The predicted molar refractivity (Wildman–Crippen MR) is 113 cm³/mol. The Bertz CT molecular complexity index is 1130. The molecule has 0 N–H and O–H groups in total. The second kappa shape index (κ2) is 7.40. The van der Waals surface area contributed by atoms with Crippen LogP contribution in [0.2, 0.25) is 10.0 Å². The predicted octanol–water partition coefficient (Wildman–Crippen LogP) is 4.44. The van der Waals surface area contributed by atoms with Gasteiger partial charge in [0.1, 0.15) is 5.92 Å². The van der Waals surface area contributed by atoms with E-state index in [2.05, 4.69) is 4.98 Å². The fraction of sp³-hybridized carbons (Fsp3) is 0.136. The van der Waals surface area contributed by atoms with E-state index in [1.165, 1.54) is 6.07 Å². The average Bonchev–Trinajstić information content (AvgIpc) is 3.28. The first kappa shape index (κ1) is 19.1. The van der Waals surface area contributed by atoms with Crippen LogP contribution in [-0.2, 0) is 14.4 Å². The molecular weight excluding hydrogens is 425 g/mol. The lowest BCUT2D eigenvalue weighted by Gasteiger charge is -2.28. The standard InChI is InChI=1S/C22H15Cl2N3O3/c23-16-7-6-15(12-17(16)24)26-21(28)18-19(13-8-10-25-11-9-13)27(30-20(18)22(26)29)14-4-2-1-3-5-14/h1-12,18-20H/t18-,19+,20-/m1/s1. The van der Waals surface area contributed by atoms with Crippen LogP contribution in [0.1, 0.15) is 11.6 Å². The molecule has 2 amide bonds. The minimum Gasteiger partial charge on any atom is -0.273 e. The number of carbonyl (C=O) groups is 2. The van der Waals surface area contributed by atoms with Gasteiger partial charge in [0.15, 0.2) is 6.10 Å². The van der Waals surface area contributed by atoms with E-state index in [9.17, 15) is 9.59 Å². The molecule has 0 spiro atoms. The van der Waals surface area contributed by atoms with Crippen LogP contribution in [0.15, 0.2) is 73.1 Å². The van der Waals surface area contributed by atoms with E-state index in [-0.39, 0.29) is 10.9 Å². The summed E-state index contributed by atoms with van der Waals surface area (Å²) in [5, 5.41) is 2.26. The van der Waals surface area contributed by atoms with Crippen LogP contribution < -0.4 is 9.96 Å². The number of para-hydroxylation sites is 1. The molecule has 0 aliphatic carbocycles. The molecule has 150 valence electrons. The Morgan fingerprint density at radius 2 is 1.57 bits per heavy atom. The van der Waals surface area contributed by atoms with Crippen molar-refractivity contribution in [1.82, 2.24) is 4.98 Å². The van der Waals surface area contributed by atoms with Crippen molar-refractivity contribution in [2.45, 2.75) is 12.1 Å². The van der Waals surface area contributed by atoms with Crippen LogP contribution in [0.4, 0.5) is 11.4 Å². The maximum atomic E-state index is 13.5. The summed E-state index contributed by atoms with van der Waals surface area (Å²) in [5.41, 5.74) is 1.96. The van der Waals surface area contributed by atoms with Gasteiger partial charge in [0.05, 0.1) is 27.5 Å². The van der Waals surface area contributed by atoms with E-state index in [1.807, 2.05) is 42.5 Å². The van der Waals surface area contributed by atoms with Gasteiger partial charge >= 0.3 is 0 Å². The number of benzene rings is 2. The van der Waals surface area contributed by atoms with Gasteiger partial charge in [-0.3, -0.25) is 19.4 Å². The maximum Gasteiger partial charge on any atom is 0.266 e. The summed E-state index contributed by atoms with van der Waals surface area (Å²) in [7, 11) is 0. The lowest BCUT2D eigenvalue weighted by Crippen LogP contribution is -2.37. The Morgan fingerprint density at radius 1 is 0.833 bits per heavy atom. The van der Waals surface area contributed by atoms with Crippen molar-refractivity contribution < 1.29 is 14.4 Å². The lowest BCUT2D eigenvalue weighted by atomic mass is 9.91. The van der Waals surface area contributed by atoms with Crippen LogP contribution >= 0.6 is 23.2 Å². The fourth-order valence-electron chi connectivity index (χ4n) is 3.99. The quantitative estimate of drug-likeness (QED) is 0.564. The van der Waals surface area contributed by atoms with Crippen LogP contribution in [0.25, 0.3) is 0 Å². The molecule has 2 aromatic carbocycles. The van der Waals surface area contributed by atoms with E-state index in [0.29, 0.717) is 10.7 Å². The monoisotopic (exact) mass is 439 g/mol. The highest BCUT2D eigenvalue weighted by atomic mass is 35.5. The summed E-state index contributed by atoms with van der Waals surface area (Å²) in [6.45, 7) is 0. The molecule has 3 heterocycles. The number of fused-ring (bicyclic) bond motifs is 1. The number of hydrogen-bond acceptors (Lipinski definition) is 5. The van der Waals surface area contributed by atoms with Gasteiger partial charge in [0.2, 0.25) is 5.91 Å². The maximum absolute atomic E-state index is 13.5. The zero-order chi connectivity index (χ0) is 20.8. The van der Waals surface area contributed by atoms with Crippen molar-refractivity contribution in [1.29, 1.82) is 0 Å². The third-order valence-electron chi connectivity index (χ3n) is 5.34. The molecule has 2 aliphatic heterocycles. The van der Waals surface area contributed by atoms with Crippen LogP contribution in [0.3, 0.4) is 0 Å². The van der Waals surface area contributed by atoms with Crippen molar-refractivity contribution in [2.75, 3.05) is 9.96 Å². The second-order valence-corrected chi connectivity index (χ2v) is 7.86. The average molecular weight is 440 g/mol. The molecule has 0 bridgehead atoms. The van der Waals surface area contributed by atoms with Gasteiger partial charge in [-0.05, 0) is 48.0 Å². The number of pyridine rings is 1. The van der Waals surface area contributed by atoms with Crippen LogP contribution in [0, 0.1) is 5.92 Å². The van der Waals surface area contributed by atoms with E-state index >= 15 is 0 Å². The van der Waals surface area contributed by atoms with E-state index < -0.39 is 24.0 Å². The molecule has 3 atom stereocenters. The summed E-state index contributed by atoms with van der Waals surface area (Å²) >= 11 is 12.1. The van der Waals surface area contributed by atoms with Gasteiger partial charge in [-0.1, -0.05) is 41.4 Å². The number of rotatable bonds is 3. The van der Waals surface area contributed by atoms with Gasteiger partial charge in [-0.2, -0.15) is 0 Å². The van der Waals surface area contributed by atoms with Gasteiger partial charge in [-0.25, -0.2) is 9.96 Å². The lowest BCUT2D eigenvalue weighted by molar-refractivity contribution is -0.126. The summed E-state index contributed by atoms with van der Waals surface area (Å²) in [5.74, 6) is -1.49. The third-order valence-corrected chi connectivity index (χ3v) is 6.07. The number of anilines is 2. The number of hydroxylamine groups is 1. The molecule has 30 heavy (non-hydrogen) atoms. The molecule has 2 fully saturated rings. The molecule has 2 saturated heterocycles. The van der Waals surface area contributed by atoms with Crippen molar-refractivity contribution >= 4 is 46.4 Å². The van der Waals surface area contributed by atoms with Crippen molar-refractivity contribution in [3.63, 3.8) is 0 Å². The molecule has 8 heteroatoms. The van der Waals surface area contributed by atoms with Crippen molar-refractivity contribution in [2.24, 2.45) is 5.92 Å². The van der Waals surface area contributed by atoms with Gasteiger partial charge < -0.3 is 0 Å². The minimum atomic E-state index is -0.940. The number of aromatic nitrogens is 1. The molecular formula is C22H15Cl2N3O3. The van der Waals surface area contributed by atoms with Crippen molar-refractivity contribution in [3.05, 3.63) is 88.7 Å². The summed E-state index contributed by atoms with van der Waals surface area (Å²) < 4.78 is 0. The molecule has 3 aromatic rings. The molecule has 0 unspecified atom stereocenters.